The Morgan fingerprint density at radius 3 is 2.61 bits per heavy atom. The number of amides is 2. The van der Waals surface area contributed by atoms with Crippen molar-refractivity contribution < 1.29 is 9.59 Å². The van der Waals surface area contributed by atoms with Crippen molar-refractivity contribution in [2.45, 2.75) is 31.3 Å². The van der Waals surface area contributed by atoms with Gasteiger partial charge in [0.15, 0.2) is 0 Å². The van der Waals surface area contributed by atoms with Crippen LogP contribution < -0.4 is 5.32 Å². The van der Waals surface area contributed by atoms with Gasteiger partial charge >= 0.3 is 0 Å². The van der Waals surface area contributed by atoms with Gasteiger partial charge in [0, 0.05) is 6.54 Å². The van der Waals surface area contributed by atoms with Crippen LogP contribution in [0.2, 0.25) is 0 Å². The van der Waals surface area contributed by atoms with E-state index in [9.17, 15) is 9.59 Å². The average Bonchev–Trinajstić information content (AvgIpc) is 2.40. The highest BCUT2D eigenvalue weighted by Gasteiger charge is 2.42. The zero-order chi connectivity index (χ0) is 12.5. The van der Waals surface area contributed by atoms with Gasteiger partial charge in [-0.2, -0.15) is 0 Å². The fourth-order valence-electron chi connectivity index (χ4n) is 2.95. The lowest BCUT2D eigenvalue weighted by Crippen LogP contribution is -2.60. The van der Waals surface area contributed by atoms with Gasteiger partial charge in [0.2, 0.25) is 11.8 Å². The third-order valence-corrected chi connectivity index (χ3v) is 3.79. The van der Waals surface area contributed by atoms with Crippen molar-refractivity contribution in [2.24, 2.45) is 0 Å². The predicted octanol–water partition coefficient (Wildman–Crippen LogP) is 1.24. The van der Waals surface area contributed by atoms with Gasteiger partial charge in [-0.1, -0.05) is 36.8 Å². The minimum absolute atomic E-state index is 0.133. The number of fused-ring (bicyclic) bond motifs is 1. The first-order chi connectivity index (χ1) is 8.77. The maximum Gasteiger partial charge on any atom is 0.248 e. The molecule has 2 fully saturated rings. The minimum atomic E-state index is -0.311. The molecule has 0 radical (unpaired) electrons. The van der Waals surface area contributed by atoms with Crippen LogP contribution >= 0.6 is 0 Å². The molecule has 2 amide bonds. The fourth-order valence-corrected chi connectivity index (χ4v) is 2.95. The van der Waals surface area contributed by atoms with Crippen molar-refractivity contribution in [1.82, 2.24) is 10.2 Å². The SMILES string of the molecule is O=C1NC(=O)[C@@H]2CCCCN2[C@H]1c1ccccc1. The highest BCUT2D eigenvalue weighted by molar-refractivity contribution is 6.03. The smallest absolute Gasteiger partial charge is 0.248 e. The first-order valence-corrected chi connectivity index (χ1v) is 6.43. The van der Waals surface area contributed by atoms with Crippen molar-refractivity contribution in [1.29, 1.82) is 0 Å². The van der Waals surface area contributed by atoms with E-state index in [1.807, 2.05) is 30.3 Å². The summed E-state index contributed by atoms with van der Waals surface area (Å²) in [6.45, 7) is 0.823. The molecule has 0 bridgehead atoms. The lowest BCUT2D eigenvalue weighted by molar-refractivity contribution is -0.146. The third kappa shape index (κ3) is 1.82. The van der Waals surface area contributed by atoms with E-state index in [1.54, 1.807) is 0 Å². The van der Waals surface area contributed by atoms with E-state index in [1.165, 1.54) is 0 Å². The van der Waals surface area contributed by atoms with E-state index in [2.05, 4.69) is 10.2 Å². The fraction of sp³-hybridized carbons (Fsp3) is 0.429. The van der Waals surface area contributed by atoms with Crippen LogP contribution in [0.3, 0.4) is 0 Å². The van der Waals surface area contributed by atoms with Gasteiger partial charge in [-0.25, -0.2) is 0 Å². The van der Waals surface area contributed by atoms with Crippen LogP contribution in [0.5, 0.6) is 0 Å². The van der Waals surface area contributed by atoms with E-state index in [-0.39, 0.29) is 23.9 Å². The number of hydrogen-bond acceptors (Lipinski definition) is 3. The maximum absolute atomic E-state index is 12.1. The second kappa shape index (κ2) is 4.53. The molecule has 1 aromatic carbocycles. The summed E-state index contributed by atoms with van der Waals surface area (Å²) in [7, 11) is 0. The molecule has 1 aromatic rings. The van der Waals surface area contributed by atoms with Crippen LogP contribution in [0.4, 0.5) is 0 Å². The molecule has 2 saturated heterocycles. The Morgan fingerprint density at radius 2 is 1.83 bits per heavy atom. The molecule has 4 heteroatoms. The number of carbonyl (C=O) groups excluding carboxylic acids is 2. The number of imide groups is 1. The molecule has 2 atom stereocenters. The number of nitrogens with one attached hydrogen (secondary N) is 1. The Morgan fingerprint density at radius 1 is 1.06 bits per heavy atom. The molecule has 2 aliphatic heterocycles. The lowest BCUT2D eigenvalue weighted by Gasteiger charge is -2.43. The molecule has 0 aliphatic carbocycles. The molecular formula is C14H16N2O2. The monoisotopic (exact) mass is 244 g/mol. The number of piperidine rings is 1. The molecule has 0 unspecified atom stereocenters. The first kappa shape index (κ1) is 11.4. The number of carbonyl (C=O) groups is 2. The van der Waals surface area contributed by atoms with Crippen LogP contribution in [0.1, 0.15) is 30.9 Å². The second-order valence-corrected chi connectivity index (χ2v) is 4.92. The van der Waals surface area contributed by atoms with E-state index >= 15 is 0 Å². The topological polar surface area (TPSA) is 49.4 Å². The molecule has 94 valence electrons. The van der Waals surface area contributed by atoms with Crippen LogP contribution in [-0.2, 0) is 9.59 Å². The van der Waals surface area contributed by atoms with Crippen molar-refractivity contribution in [2.75, 3.05) is 6.54 Å². The number of hydrogen-bond donors (Lipinski definition) is 1. The molecule has 18 heavy (non-hydrogen) atoms. The minimum Gasteiger partial charge on any atom is -0.293 e. The van der Waals surface area contributed by atoms with Gasteiger partial charge in [-0.15, -0.1) is 0 Å². The Kier molecular flexibility index (Phi) is 2.88. The quantitative estimate of drug-likeness (QED) is 0.756. The Labute approximate surface area is 106 Å². The maximum atomic E-state index is 12.1. The highest BCUT2D eigenvalue weighted by Crippen LogP contribution is 2.31. The van der Waals surface area contributed by atoms with Gasteiger partial charge in [0.25, 0.3) is 0 Å². The number of benzene rings is 1. The van der Waals surface area contributed by atoms with Gasteiger partial charge in [0.05, 0.1) is 6.04 Å². The summed E-state index contributed by atoms with van der Waals surface area (Å²) in [5.41, 5.74) is 0.967. The molecule has 2 heterocycles. The predicted molar refractivity (Wildman–Crippen MR) is 66.7 cm³/mol. The largest absolute Gasteiger partial charge is 0.293 e. The Hall–Kier alpha value is -1.68. The van der Waals surface area contributed by atoms with E-state index < -0.39 is 0 Å². The third-order valence-electron chi connectivity index (χ3n) is 3.79. The zero-order valence-corrected chi connectivity index (χ0v) is 10.1. The Bertz CT molecular complexity index is 472. The van der Waals surface area contributed by atoms with Gasteiger partial charge in [-0.05, 0) is 18.4 Å². The van der Waals surface area contributed by atoms with Gasteiger partial charge in [0.1, 0.15) is 6.04 Å². The number of piperazine rings is 1. The molecule has 1 N–H and O–H groups in total. The average molecular weight is 244 g/mol. The summed E-state index contributed by atoms with van der Waals surface area (Å²) in [4.78, 5) is 26.0. The first-order valence-electron chi connectivity index (χ1n) is 6.43. The summed E-state index contributed by atoms with van der Waals surface area (Å²) in [5.74, 6) is -0.323. The van der Waals surface area contributed by atoms with E-state index in [4.69, 9.17) is 0 Å². The standard InChI is InChI=1S/C14H16N2O2/c17-13-11-8-4-5-9-16(11)12(14(18)15-13)10-6-2-1-3-7-10/h1-3,6-7,11-12H,4-5,8-9H2,(H,15,17,18)/t11-,12-/m0/s1. The van der Waals surface area contributed by atoms with Crippen LogP contribution in [-0.4, -0.2) is 29.3 Å². The van der Waals surface area contributed by atoms with Crippen molar-refractivity contribution in [3.63, 3.8) is 0 Å². The number of rotatable bonds is 1. The zero-order valence-electron chi connectivity index (χ0n) is 10.1. The lowest BCUT2D eigenvalue weighted by atomic mass is 9.92. The van der Waals surface area contributed by atoms with Crippen LogP contribution in [0.15, 0.2) is 30.3 Å². The highest BCUT2D eigenvalue weighted by atomic mass is 16.2. The van der Waals surface area contributed by atoms with Crippen molar-refractivity contribution in [3.8, 4) is 0 Å². The van der Waals surface area contributed by atoms with E-state index in [0.29, 0.717) is 0 Å². The van der Waals surface area contributed by atoms with Gasteiger partial charge < -0.3 is 0 Å². The number of nitrogens with zero attached hydrogens (tertiary/aromatic N) is 1. The van der Waals surface area contributed by atoms with Crippen LogP contribution in [0, 0.1) is 0 Å². The van der Waals surface area contributed by atoms with Gasteiger partial charge in [-0.3, -0.25) is 19.8 Å². The van der Waals surface area contributed by atoms with Crippen molar-refractivity contribution in [3.05, 3.63) is 35.9 Å². The molecule has 0 saturated carbocycles. The molecule has 0 spiro atoms. The summed E-state index contributed by atoms with van der Waals surface area (Å²) < 4.78 is 0. The van der Waals surface area contributed by atoms with Crippen LogP contribution in [0.25, 0.3) is 0 Å². The van der Waals surface area contributed by atoms with Crippen molar-refractivity contribution >= 4 is 11.8 Å². The van der Waals surface area contributed by atoms with E-state index in [0.717, 1.165) is 31.4 Å². The normalized spacial score (nSPS) is 28.7. The summed E-state index contributed by atoms with van der Waals surface area (Å²) >= 11 is 0. The molecule has 2 aliphatic rings. The molecule has 4 nitrogen and oxygen atoms in total. The summed E-state index contributed by atoms with van der Waals surface area (Å²) in [5, 5.41) is 2.51. The molecule has 3 rings (SSSR count). The molecule has 0 aromatic heterocycles. The second-order valence-electron chi connectivity index (χ2n) is 4.92. The molecular weight excluding hydrogens is 228 g/mol. The summed E-state index contributed by atoms with van der Waals surface area (Å²) in [6.07, 6.45) is 2.97. The Balaban J connectivity index is 1.96. The summed E-state index contributed by atoms with van der Waals surface area (Å²) in [6, 6.07) is 9.24.